The normalized spacial score (nSPS) is 11.2. The molecule has 0 aliphatic heterocycles. The Morgan fingerprint density at radius 1 is 1.11 bits per heavy atom. The van der Waals surface area contributed by atoms with Gasteiger partial charge in [0, 0.05) is 5.39 Å². The first-order valence-electron chi connectivity index (χ1n) is 8.15. The molecule has 8 heteroatoms. The minimum Gasteiger partial charge on any atom is -0.323 e. The SMILES string of the molecule is Cc1cc2nnc(SCC(=O)Nc3c(Cl)cccc3Cl)n2c2ccccc12. The lowest BCUT2D eigenvalue weighted by Gasteiger charge is -2.09. The number of para-hydroxylation sites is 2. The highest BCUT2D eigenvalue weighted by Crippen LogP contribution is 2.30. The summed E-state index contributed by atoms with van der Waals surface area (Å²) < 4.78 is 1.96. The Labute approximate surface area is 169 Å². The number of aryl methyl sites for hydroxylation is 1. The molecule has 0 spiro atoms. The summed E-state index contributed by atoms with van der Waals surface area (Å²) in [7, 11) is 0. The average Bonchev–Trinajstić information content (AvgIpc) is 3.06. The van der Waals surface area contributed by atoms with Gasteiger partial charge in [-0.25, -0.2) is 0 Å². The number of aromatic nitrogens is 3. The molecule has 0 unspecified atom stereocenters. The fraction of sp³-hybridized carbons (Fsp3) is 0.105. The summed E-state index contributed by atoms with van der Waals surface area (Å²) in [6.45, 7) is 2.05. The number of pyridine rings is 1. The molecule has 136 valence electrons. The van der Waals surface area contributed by atoms with Crippen molar-refractivity contribution in [1.82, 2.24) is 14.6 Å². The zero-order valence-electron chi connectivity index (χ0n) is 14.2. The lowest BCUT2D eigenvalue weighted by atomic mass is 10.1. The number of nitrogens with zero attached hydrogens (tertiary/aromatic N) is 3. The number of halogens is 2. The molecule has 0 saturated carbocycles. The molecule has 0 saturated heterocycles. The molecule has 0 atom stereocenters. The zero-order chi connectivity index (χ0) is 19.0. The van der Waals surface area contributed by atoms with Crippen LogP contribution in [0.5, 0.6) is 0 Å². The fourth-order valence-corrected chi connectivity index (χ4v) is 4.13. The summed E-state index contributed by atoms with van der Waals surface area (Å²) in [5, 5.41) is 13.8. The minimum atomic E-state index is -0.219. The van der Waals surface area contributed by atoms with Crippen LogP contribution < -0.4 is 5.32 Å². The molecule has 1 amide bonds. The molecule has 2 aromatic heterocycles. The van der Waals surface area contributed by atoms with E-state index in [1.807, 2.05) is 35.6 Å². The third-order valence-electron chi connectivity index (χ3n) is 4.13. The molecular formula is C19H14Cl2N4OS. The number of carbonyl (C=O) groups is 1. The number of rotatable bonds is 4. The number of fused-ring (bicyclic) bond motifs is 3. The van der Waals surface area contributed by atoms with Crippen LogP contribution in [0.1, 0.15) is 5.56 Å². The van der Waals surface area contributed by atoms with Crippen molar-refractivity contribution < 1.29 is 4.79 Å². The second kappa shape index (κ2) is 7.38. The van der Waals surface area contributed by atoms with Gasteiger partial charge in [0.1, 0.15) is 0 Å². The Morgan fingerprint density at radius 2 is 1.85 bits per heavy atom. The van der Waals surface area contributed by atoms with Gasteiger partial charge >= 0.3 is 0 Å². The number of hydrogen-bond acceptors (Lipinski definition) is 4. The minimum absolute atomic E-state index is 0.157. The molecular weight excluding hydrogens is 403 g/mol. The second-order valence-corrected chi connectivity index (χ2v) is 7.71. The van der Waals surface area contributed by atoms with Gasteiger partial charge < -0.3 is 5.32 Å². The molecule has 0 fully saturated rings. The number of amides is 1. The Kier molecular flexibility index (Phi) is 4.95. The third-order valence-corrected chi connectivity index (χ3v) is 5.69. The Bertz CT molecular complexity index is 1160. The summed E-state index contributed by atoms with van der Waals surface area (Å²) in [6.07, 6.45) is 0. The molecule has 0 aliphatic rings. The topological polar surface area (TPSA) is 59.3 Å². The average molecular weight is 417 g/mol. The van der Waals surface area contributed by atoms with Crippen LogP contribution in [-0.4, -0.2) is 26.3 Å². The number of nitrogens with one attached hydrogen (secondary N) is 1. The summed E-state index contributed by atoms with van der Waals surface area (Å²) in [5.74, 6) is -0.0620. The van der Waals surface area contributed by atoms with Crippen LogP contribution in [0.15, 0.2) is 53.7 Å². The van der Waals surface area contributed by atoms with Gasteiger partial charge in [0.2, 0.25) is 5.91 Å². The van der Waals surface area contributed by atoms with E-state index in [1.54, 1.807) is 18.2 Å². The van der Waals surface area contributed by atoms with Gasteiger partial charge in [-0.2, -0.15) is 0 Å². The molecule has 1 N–H and O–H groups in total. The molecule has 27 heavy (non-hydrogen) atoms. The molecule has 2 aromatic carbocycles. The number of thioether (sulfide) groups is 1. The zero-order valence-corrected chi connectivity index (χ0v) is 16.6. The van der Waals surface area contributed by atoms with Crippen molar-refractivity contribution >= 4 is 63.1 Å². The van der Waals surface area contributed by atoms with E-state index < -0.39 is 0 Å². The van der Waals surface area contributed by atoms with Gasteiger partial charge in [0.05, 0.1) is 27.0 Å². The number of anilines is 1. The van der Waals surface area contributed by atoms with E-state index >= 15 is 0 Å². The van der Waals surface area contributed by atoms with Crippen molar-refractivity contribution in [3.63, 3.8) is 0 Å². The lowest BCUT2D eigenvalue weighted by molar-refractivity contribution is -0.113. The van der Waals surface area contributed by atoms with Crippen LogP contribution in [0.4, 0.5) is 5.69 Å². The first-order chi connectivity index (χ1) is 13.0. The van der Waals surface area contributed by atoms with Crippen LogP contribution in [0.3, 0.4) is 0 Å². The van der Waals surface area contributed by atoms with Gasteiger partial charge in [0.25, 0.3) is 0 Å². The molecule has 4 aromatic rings. The first kappa shape index (κ1) is 18.1. The predicted molar refractivity (Wildman–Crippen MR) is 111 cm³/mol. The molecule has 4 rings (SSSR count). The van der Waals surface area contributed by atoms with E-state index in [2.05, 4.69) is 21.6 Å². The lowest BCUT2D eigenvalue weighted by Crippen LogP contribution is -2.15. The van der Waals surface area contributed by atoms with Crippen molar-refractivity contribution in [3.05, 3.63) is 64.1 Å². The van der Waals surface area contributed by atoms with E-state index in [-0.39, 0.29) is 11.7 Å². The maximum Gasteiger partial charge on any atom is 0.234 e. The van der Waals surface area contributed by atoms with E-state index in [0.29, 0.717) is 20.9 Å². The fourth-order valence-electron chi connectivity index (χ4n) is 2.89. The van der Waals surface area contributed by atoms with Crippen LogP contribution in [0.2, 0.25) is 10.0 Å². The summed E-state index contributed by atoms with van der Waals surface area (Å²) in [4.78, 5) is 12.4. The van der Waals surface area contributed by atoms with E-state index in [0.717, 1.165) is 22.1 Å². The molecule has 0 radical (unpaired) electrons. The maximum atomic E-state index is 12.4. The first-order valence-corrected chi connectivity index (χ1v) is 9.89. The van der Waals surface area contributed by atoms with Gasteiger partial charge in [-0.3, -0.25) is 9.20 Å². The quantitative estimate of drug-likeness (QED) is 0.462. The summed E-state index contributed by atoms with van der Waals surface area (Å²) >= 11 is 13.5. The van der Waals surface area contributed by atoms with Crippen molar-refractivity contribution in [2.45, 2.75) is 12.1 Å². The highest BCUT2D eigenvalue weighted by atomic mass is 35.5. The molecule has 0 aliphatic carbocycles. The second-order valence-electron chi connectivity index (χ2n) is 5.95. The molecule has 0 bridgehead atoms. The summed E-state index contributed by atoms with van der Waals surface area (Å²) in [5.41, 5.74) is 3.31. The van der Waals surface area contributed by atoms with Gasteiger partial charge in [-0.15, -0.1) is 10.2 Å². The van der Waals surface area contributed by atoms with Crippen molar-refractivity contribution in [1.29, 1.82) is 0 Å². The van der Waals surface area contributed by atoms with Gasteiger partial charge in [-0.1, -0.05) is 59.2 Å². The largest absolute Gasteiger partial charge is 0.323 e. The highest BCUT2D eigenvalue weighted by Gasteiger charge is 2.14. The predicted octanol–water partition coefficient (Wildman–Crippen LogP) is 5.23. The number of hydrogen-bond donors (Lipinski definition) is 1. The van der Waals surface area contributed by atoms with Crippen LogP contribution in [-0.2, 0) is 4.79 Å². The van der Waals surface area contributed by atoms with Crippen molar-refractivity contribution in [3.8, 4) is 0 Å². The van der Waals surface area contributed by atoms with E-state index in [4.69, 9.17) is 23.2 Å². The van der Waals surface area contributed by atoms with E-state index in [1.165, 1.54) is 11.8 Å². The number of carbonyl (C=O) groups excluding carboxylic acids is 1. The maximum absolute atomic E-state index is 12.4. The van der Waals surface area contributed by atoms with Crippen LogP contribution in [0.25, 0.3) is 16.6 Å². The van der Waals surface area contributed by atoms with E-state index in [9.17, 15) is 4.79 Å². The monoisotopic (exact) mass is 416 g/mol. The van der Waals surface area contributed by atoms with Crippen molar-refractivity contribution in [2.24, 2.45) is 0 Å². The number of benzene rings is 2. The standard InChI is InChI=1S/C19H14Cl2N4OS/c1-11-9-16-23-24-19(25(16)15-8-3-2-5-12(11)15)27-10-17(26)22-18-13(20)6-4-7-14(18)21/h2-9H,10H2,1H3,(H,22,26). The van der Waals surface area contributed by atoms with Crippen molar-refractivity contribution in [2.75, 3.05) is 11.1 Å². The Hall–Kier alpha value is -2.28. The van der Waals surface area contributed by atoms with Crippen LogP contribution >= 0.6 is 35.0 Å². The molecule has 5 nitrogen and oxygen atoms in total. The Morgan fingerprint density at radius 3 is 2.63 bits per heavy atom. The Balaban J connectivity index is 1.59. The smallest absolute Gasteiger partial charge is 0.234 e. The van der Waals surface area contributed by atoms with Gasteiger partial charge in [0.15, 0.2) is 10.8 Å². The van der Waals surface area contributed by atoms with Gasteiger partial charge in [-0.05, 0) is 36.8 Å². The third kappa shape index (κ3) is 3.48. The van der Waals surface area contributed by atoms with Crippen LogP contribution in [0, 0.1) is 6.92 Å². The summed E-state index contributed by atoms with van der Waals surface area (Å²) in [6, 6.07) is 15.1. The molecule has 2 heterocycles. The highest BCUT2D eigenvalue weighted by molar-refractivity contribution is 7.99.